The van der Waals surface area contributed by atoms with Crippen molar-refractivity contribution in [2.24, 2.45) is 0 Å². The molecule has 0 aliphatic rings. The maximum absolute atomic E-state index is 12.4. The van der Waals surface area contributed by atoms with E-state index in [1.54, 1.807) is 0 Å². The first-order valence-electron chi connectivity index (χ1n) is 7.40. The van der Waals surface area contributed by atoms with Crippen LogP contribution in [0, 0.1) is 6.92 Å². The summed E-state index contributed by atoms with van der Waals surface area (Å²) in [4.78, 5) is 12.4. The number of aryl methyl sites for hydroxylation is 1. The molecule has 112 valence electrons. The van der Waals surface area contributed by atoms with Crippen LogP contribution in [0.25, 0.3) is 22.3 Å². The van der Waals surface area contributed by atoms with E-state index in [2.05, 4.69) is 13.8 Å². The van der Waals surface area contributed by atoms with Gasteiger partial charge in [-0.15, -0.1) is 0 Å². The second kappa shape index (κ2) is 5.34. The first kappa shape index (κ1) is 14.4. The maximum atomic E-state index is 12.4. The van der Waals surface area contributed by atoms with Crippen molar-refractivity contribution in [1.29, 1.82) is 0 Å². The van der Waals surface area contributed by atoms with E-state index in [1.807, 2.05) is 43.3 Å². The van der Waals surface area contributed by atoms with Crippen molar-refractivity contribution in [2.45, 2.75) is 26.7 Å². The standard InChI is InChI=1S/C19H19NO2/c1-11(2)13-6-7-18-15(8-13)17(21)10-19(22-18)14-5-4-12(3)16(20)9-14/h4-11H,20H2,1-3H3. The van der Waals surface area contributed by atoms with Gasteiger partial charge in [-0.3, -0.25) is 4.79 Å². The van der Waals surface area contributed by atoms with Crippen LogP contribution in [0.4, 0.5) is 5.69 Å². The van der Waals surface area contributed by atoms with E-state index in [-0.39, 0.29) is 5.43 Å². The van der Waals surface area contributed by atoms with Gasteiger partial charge in [-0.25, -0.2) is 0 Å². The first-order chi connectivity index (χ1) is 10.5. The zero-order valence-electron chi connectivity index (χ0n) is 13.0. The van der Waals surface area contributed by atoms with Gasteiger partial charge in [-0.05, 0) is 42.2 Å². The molecule has 0 spiro atoms. The Bertz CT molecular complexity index is 907. The van der Waals surface area contributed by atoms with E-state index in [0.29, 0.717) is 28.3 Å². The Labute approximate surface area is 129 Å². The van der Waals surface area contributed by atoms with Crippen molar-refractivity contribution in [3.63, 3.8) is 0 Å². The Morgan fingerprint density at radius 3 is 2.50 bits per heavy atom. The lowest BCUT2D eigenvalue weighted by atomic mass is 10.0. The summed E-state index contributed by atoms with van der Waals surface area (Å²) in [6.45, 7) is 6.15. The third kappa shape index (κ3) is 2.50. The molecule has 3 heteroatoms. The van der Waals surface area contributed by atoms with Gasteiger partial charge in [0.1, 0.15) is 11.3 Å². The molecule has 0 bridgehead atoms. The fourth-order valence-electron chi connectivity index (χ4n) is 2.47. The highest BCUT2D eigenvalue weighted by molar-refractivity contribution is 5.80. The number of hydrogen-bond acceptors (Lipinski definition) is 3. The number of nitrogen functional groups attached to an aromatic ring is 1. The molecule has 0 atom stereocenters. The lowest BCUT2D eigenvalue weighted by molar-refractivity contribution is 0.618. The Morgan fingerprint density at radius 1 is 1.05 bits per heavy atom. The van der Waals surface area contributed by atoms with E-state index in [0.717, 1.165) is 16.7 Å². The quantitative estimate of drug-likeness (QED) is 0.709. The van der Waals surface area contributed by atoms with Crippen molar-refractivity contribution >= 4 is 16.7 Å². The zero-order chi connectivity index (χ0) is 15.9. The number of benzene rings is 2. The lowest BCUT2D eigenvalue weighted by Crippen LogP contribution is -2.02. The average molecular weight is 293 g/mol. The smallest absolute Gasteiger partial charge is 0.193 e. The van der Waals surface area contributed by atoms with E-state index in [9.17, 15) is 4.79 Å². The van der Waals surface area contributed by atoms with Gasteiger partial charge < -0.3 is 10.2 Å². The Morgan fingerprint density at radius 2 is 1.82 bits per heavy atom. The van der Waals surface area contributed by atoms with Gasteiger partial charge in [0.2, 0.25) is 0 Å². The molecule has 0 aliphatic heterocycles. The summed E-state index contributed by atoms with van der Waals surface area (Å²) >= 11 is 0. The molecule has 0 radical (unpaired) electrons. The van der Waals surface area contributed by atoms with Gasteiger partial charge in [0, 0.05) is 17.3 Å². The molecular weight excluding hydrogens is 274 g/mol. The number of nitrogens with two attached hydrogens (primary N) is 1. The van der Waals surface area contributed by atoms with E-state index >= 15 is 0 Å². The monoisotopic (exact) mass is 293 g/mol. The molecule has 3 aromatic rings. The molecule has 0 saturated carbocycles. The molecule has 2 N–H and O–H groups in total. The second-order valence-electron chi connectivity index (χ2n) is 5.96. The van der Waals surface area contributed by atoms with Crippen molar-refractivity contribution in [3.8, 4) is 11.3 Å². The van der Waals surface area contributed by atoms with Crippen LogP contribution in [0.3, 0.4) is 0 Å². The molecule has 2 aromatic carbocycles. The van der Waals surface area contributed by atoms with Crippen molar-refractivity contribution in [3.05, 3.63) is 63.8 Å². The van der Waals surface area contributed by atoms with Gasteiger partial charge in [-0.2, -0.15) is 0 Å². The third-order valence-corrected chi connectivity index (χ3v) is 3.98. The topological polar surface area (TPSA) is 56.2 Å². The Balaban J connectivity index is 2.19. The van der Waals surface area contributed by atoms with Crippen LogP contribution < -0.4 is 11.2 Å². The molecule has 0 aliphatic carbocycles. The highest BCUT2D eigenvalue weighted by Gasteiger charge is 2.09. The molecule has 0 fully saturated rings. The predicted molar refractivity (Wildman–Crippen MR) is 91.2 cm³/mol. The number of fused-ring (bicyclic) bond motifs is 1. The number of anilines is 1. The third-order valence-electron chi connectivity index (χ3n) is 3.98. The van der Waals surface area contributed by atoms with Crippen molar-refractivity contribution < 1.29 is 4.42 Å². The summed E-state index contributed by atoms with van der Waals surface area (Å²) < 4.78 is 5.90. The van der Waals surface area contributed by atoms with Crippen LogP contribution >= 0.6 is 0 Å². The van der Waals surface area contributed by atoms with Gasteiger partial charge in [0.05, 0.1) is 5.39 Å². The maximum Gasteiger partial charge on any atom is 0.193 e. The lowest BCUT2D eigenvalue weighted by Gasteiger charge is -2.08. The van der Waals surface area contributed by atoms with Gasteiger partial charge >= 0.3 is 0 Å². The van der Waals surface area contributed by atoms with Gasteiger partial charge in [-0.1, -0.05) is 32.0 Å². The minimum Gasteiger partial charge on any atom is -0.456 e. The van der Waals surface area contributed by atoms with Crippen LogP contribution in [0.2, 0.25) is 0 Å². The summed E-state index contributed by atoms with van der Waals surface area (Å²) in [6.07, 6.45) is 0. The largest absolute Gasteiger partial charge is 0.456 e. The minimum absolute atomic E-state index is 0.0297. The molecule has 0 amide bonds. The normalized spacial score (nSPS) is 11.3. The number of rotatable bonds is 2. The van der Waals surface area contributed by atoms with Crippen molar-refractivity contribution in [1.82, 2.24) is 0 Å². The van der Waals surface area contributed by atoms with Gasteiger partial charge in [0.15, 0.2) is 5.43 Å². The van der Waals surface area contributed by atoms with Crippen LogP contribution in [-0.4, -0.2) is 0 Å². The first-order valence-corrected chi connectivity index (χ1v) is 7.40. The molecule has 22 heavy (non-hydrogen) atoms. The highest BCUT2D eigenvalue weighted by Crippen LogP contribution is 2.26. The fourth-order valence-corrected chi connectivity index (χ4v) is 2.47. The second-order valence-corrected chi connectivity index (χ2v) is 5.96. The summed E-state index contributed by atoms with van der Waals surface area (Å²) in [6, 6.07) is 13.0. The van der Waals surface area contributed by atoms with Crippen LogP contribution in [0.15, 0.2) is 51.7 Å². The minimum atomic E-state index is -0.0297. The van der Waals surface area contributed by atoms with E-state index < -0.39 is 0 Å². The zero-order valence-corrected chi connectivity index (χ0v) is 13.0. The van der Waals surface area contributed by atoms with Crippen molar-refractivity contribution in [2.75, 3.05) is 5.73 Å². The Kier molecular flexibility index (Phi) is 3.49. The van der Waals surface area contributed by atoms with Gasteiger partial charge in [0.25, 0.3) is 0 Å². The molecule has 0 saturated heterocycles. The molecule has 1 aromatic heterocycles. The number of hydrogen-bond donors (Lipinski definition) is 1. The molecule has 3 nitrogen and oxygen atoms in total. The SMILES string of the molecule is Cc1ccc(-c2cc(=O)c3cc(C(C)C)ccc3o2)cc1N. The fraction of sp³-hybridized carbons (Fsp3) is 0.211. The average Bonchev–Trinajstić information content (AvgIpc) is 2.49. The molecule has 1 heterocycles. The summed E-state index contributed by atoms with van der Waals surface area (Å²) in [5.74, 6) is 0.918. The predicted octanol–water partition coefficient (Wildman–Crippen LogP) is 4.47. The van der Waals surface area contributed by atoms with Crippen LogP contribution in [0.1, 0.15) is 30.9 Å². The molecule has 3 rings (SSSR count). The molecule has 0 unspecified atom stereocenters. The van der Waals surface area contributed by atoms with E-state index in [4.69, 9.17) is 10.2 Å². The summed E-state index contributed by atoms with van der Waals surface area (Å²) in [7, 11) is 0. The van der Waals surface area contributed by atoms with E-state index in [1.165, 1.54) is 6.07 Å². The van der Waals surface area contributed by atoms with Crippen LogP contribution in [-0.2, 0) is 0 Å². The highest BCUT2D eigenvalue weighted by atomic mass is 16.3. The van der Waals surface area contributed by atoms with Crippen LogP contribution in [0.5, 0.6) is 0 Å². The summed E-state index contributed by atoms with van der Waals surface area (Å²) in [5.41, 5.74) is 10.2. The summed E-state index contributed by atoms with van der Waals surface area (Å²) in [5, 5.41) is 0.620. The Hall–Kier alpha value is -2.55. The molecular formula is C19H19NO2.